The van der Waals surface area contributed by atoms with Crippen molar-refractivity contribution in [1.29, 1.82) is 0 Å². The van der Waals surface area contributed by atoms with Gasteiger partial charge in [-0.05, 0) is 37.4 Å². The maximum absolute atomic E-state index is 3.64. The van der Waals surface area contributed by atoms with E-state index in [0.29, 0.717) is 0 Å². The highest BCUT2D eigenvalue weighted by Gasteiger charge is 2.24. The molecule has 2 aliphatic rings. The summed E-state index contributed by atoms with van der Waals surface area (Å²) < 4.78 is 0. The summed E-state index contributed by atoms with van der Waals surface area (Å²) in [6, 6.07) is 11.8. The number of rotatable bonds is 4. The summed E-state index contributed by atoms with van der Waals surface area (Å²) in [6.45, 7) is 4.99. The van der Waals surface area contributed by atoms with E-state index < -0.39 is 0 Å². The van der Waals surface area contributed by atoms with Crippen molar-refractivity contribution < 1.29 is 0 Å². The standard InChI is InChI=1S/C16H24N2S/c1-2-4-14(5-3-1)15-6-9-18(12-15)10-7-16-13-19-11-8-17-16/h1-5,15-17H,6-13H2. The van der Waals surface area contributed by atoms with Gasteiger partial charge >= 0.3 is 0 Å². The quantitative estimate of drug-likeness (QED) is 0.910. The molecule has 2 aliphatic heterocycles. The van der Waals surface area contributed by atoms with Gasteiger partial charge in [0.25, 0.3) is 0 Å². The molecule has 2 fully saturated rings. The summed E-state index contributed by atoms with van der Waals surface area (Å²) in [7, 11) is 0. The minimum atomic E-state index is 0.745. The third kappa shape index (κ3) is 3.74. The minimum Gasteiger partial charge on any atom is -0.312 e. The maximum Gasteiger partial charge on any atom is 0.0170 e. The molecule has 0 aromatic heterocycles. The van der Waals surface area contributed by atoms with Crippen LogP contribution in [0.3, 0.4) is 0 Å². The van der Waals surface area contributed by atoms with Gasteiger partial charge in [-0.2, -0.15) is 11.8 Å². The van der Waals surface area contributed by atoms with Crippen LogP contribution < -0.4 is 5.32 Å². The van der Waals surface area contributed by atoms with Gasteiger partial charge in [0, 0.05) is 30.6 Å². The highest BCUT2D eigenvalue weighted by molar-refractivity contribution is 7.99. The second-order valence-electron chi connectivity index (χ2n) is 5.71. The molecule has 2 saturated heterocycles. The van der Waals surface area contributed by atoms with Gasteiger partial charge in [-0.25, -0.2) is 0 Å². The van der Waals surface area contributed by atoms with Crippen LogP contribution in [0.5, 0.6) is 0 Å². The number of likely N-dealkylation sites (tertiary alicyclic amines) is 1. The summed E-state index contributed by atoms with van der Waals surface area (Å²) in [5.74, 6) is 3.35. The van der Waals surface area contributed by atoms with Gasteiger partial charge in [0.1, 0.15) is 0 Å². The normalized spacial score (nSPS) is 28.6. The number of benzene rings is 1. The molecule has 1 N–H and O–H groups in total. The van der Waals surface area contributed by atoms with Crippen molar-refractivity contribution in [3.05, 3.63) is 35.9 Å². The Bertz CT molecular complexity index is 376. The molecule has 3 heteroatoms. The molecular formula is C16H24N2S. The van der Waals surface area contributed by atoms with Crippen LogP contribution in [0.25, 0.3) is 0 Å². The second-order valence-corrected chi connectivity index (χ2v) is 6.86. The van der Waals surface area contributed by atoms with E-state index in [1.807, 2.05) is 0 Å². The molecule has 2 unspecified atom stereocenters. The van der Waals surface area contributed by atoms with Crippen molar-refractivity contribution in [3.63, 3.8) is 0 Å². The highest BCUT2D eigenvalue weighted by atomic mass is 32.2. The topological polar surface area (TPSA) is 15.3 Å². The fraction of sp³-hybridized carbons (Fsp3) is 0.625. The van der Waals surface area contributed by atoms with E-state index in [2.05, 4.69) is 52.3 Å². The lowest BCUT2D eigenvalue weighted by Crippen LogP contribution is -2.39. The molecule has 2 atom stereocenters. The Morgan fingerprint density at radius 1 is 1.26 bits per heavy atom. The number of nitrogens with one attached hydrogen (secondary N) is 1. The Kier molecular flexibility index (Phi) is 4.81. The second kappa shape index (κ2) is 6.78. The van der Waals surface area contributed by atoms with Crippen molar-refractivity contribution in [2.75, 3.05) is 37.7 Å². The molecule has 3 rings (SSSR count). The number of hydrogen-bond acceptors (Lipinski definition) is 3. The van der Waals surface area contributed by atoms with Crippen LogP contribution in [0, 0.1) is 0 Å². The molecule has 19 heavy (non-hydrogen) atoms. The zero-order valence-corrected chi connectivity index (χ0v) is 12.4. The van der Waals surface area contributed by atoms with E-state index in [-0.39, 0.29) is 0 Å². The molecule has 0 aliphatic carbocycles. The lowest BCUT2D eigenvalue weighted by atomic mass is 9.99. The molecule has 2 heterocycles. The minimum absolute atomic E-state index is 0.745. The SMILES string of the molecule is c1ccc(C2CCN(CCC3CSCCN3)C2)cc1. The van der Waals surface area contributed by atoms with Crippen LogP contribution in [0.1, 0.15) is 24.3 Å². The van der Waals surface area contributed by atoms with E-state index in [0.717, 1.165) is 12.0 Å². The molecule has 104 valence electrons. The van der Waals surface area contributed by atoms with Crippen molar-refractivity contribution in [1.82, 2.24) is 10.2 Å². The largest absolute Gasteiger partial charge is 0.312 e. The third-order valence-corrected chi connectivity index (χ3v) is 5.47. The predicted octanol–water partition coefficient (Wildman–Crippen LogP) is 2.57. The fourth-order valence-corrected chi connectivity index (χ4v) is 4.17. The van der Waals surface area contributed by atoms with E-state index >= 15 is 0 Å². The number of thioether (sulfide) groups is 1. The fourth-order valence-electron chi connectivity index (χ4n) is 3.18. The Hall–Kier alpha value is -0.510. The Morgan fingerprint density at radius 2 is 2.16 bits per heavy atom. The molecule has 2 nitrogen and oxygen atoms in total. The predicted molar refractivity (Wildman–Crippen MR) is 84.0 cm³/mol. The first-order valence-corrected chi connectivity index (χ1v) is 8.66. The van der Waals surface area contributed by atoms with Gasteiger partial charge in [-0.1, -0.05) is 30.3 Å². The van der Waals surface area contributed by atoms with Crippen molar-refractivity contribution >= 4 is 11.8 Å². The van der Waals surface area contributed by atoms with E-state index in [1.165, 1.54) is 56.1 Å². The summed E-state index contributed by atoms with van der Waals surface area (Å²) in [5.41, 5.74) is 1.52. The van der Waals surface area contributed by atoms with Crippen LogP contribution >= 0.6 is 11.8 Å². The molecular weight excluding hydrogens is 252 g/mol. The van der Waals surface area contributed by atoms with Gasteiger partial charge in [0.15, 0.2) is 0 Å². The average molecular weight is 276 g/mol. The van der Waals surface area contributed by atoms with E-state index in [9.17, 15) is 0 Å². The first kappa shape index (κ1) is 13.5. The van der Waals surface area contributed by atoms with Gasteiger partial charge in [0.05, 0.1) is 0 Å². The number of nitrogens with zero attached hydrogens (tertiary/aromatic N) is 1. The molecule has 0 bridgehead atoms. The van der Waals surface area contributed by atoms with Gasteiger partial charge in [0.2, 0.25) is 0 Å². The van der Waals surface area contributed by atoms with Gasteiger partial charge in [-0.3, -0.25) is 0 Å². The first-order valence-electron chi connectivity index (χ1n) is 7.50. The molecule has 0 saturated carbocycles. The smallest absolute Gasteiger partial charge is 0.0170 e. The van der Waals surface area contributed by atoms with Crippen LogP contribution in [-0.4, -0.2) is 48.6 Å². The Balaban J connectivity index is 1.44. The van der Waals surface area contributed by atoms with Crippen molar-refractivity contribution in [3.8, 4) is 0 Å². The third-order valence-electron chi connectivity index (χ3n) is 4.34. The van der Waals surface area contributed by atoms with Crippen molar-refractivity contribution in [2.45, 2.75) is 24.8 Å². The first-order chi connectivity index (χ1) is 9.42. The molecule has 0 spiro atoms. The molecule has 1 aromatic rings. The Labute approximate surface area is 121 Å². The van der Waals surface area contributed by atoms with E-state index in [1.54, 1.807) is 0 Å². The molecule has 0 amide bonds. The lowest BCUT2D eigenvalue weighted by Gasteiger charge is -2.25. The zero-order valence-electron chi connectivity index (χ0n) is 11.6. The monoisotopic (exact) mass is 276 g/mol. The van der Waals surface area contributed by atoms with Gasteiger partial charge in [-0.15, -0.1) is 0 Å². The van der Waals surface area contributed by atoms with Crippen LogP contribution in [0.2, 0.25) is 0 Å². The van der Waals surface area contributed by atoms with Crippen LogP contribution in [-0.2, 0) is 0 Å². The molecule has 0 radical (unpaired) electrons. The summed E-state index contributed by atoms with van der Waals surface area (Å²) in [4.78, 5) is 2.65. The van der Waals surface area contributed by atoms with Crippen LogP contribution in [0.4, 0.5) is 0 Å². The lowest BCUT2D eigenvalue weighted by molar-refractivity contribution is 0.311. The average Bonchev–Trinajstić information content (AvgIpc) is 2.96. The van der Waals surface area contributed by atoms with Crippen molar-refractivity contribution in [2.24, 2.45) is 0 Å². The van der Waals surface area contributed by atoms with Gasteiger partial charge < -0.3 is 10.2 Å². The number of hydrogen-bond donors (Lipinski definition) is 1. The highest BCUT2D eigenvalue weighted by Crippen LogP contribution is 2.27. The summed E-state index contributed by atoms with van der Waals surface area (Å²) in [5, 5.41) is 3.64. The zero-order chi connectivity index (χ0) is 12.9. The van der Waals surface area contributed by atoms with E-state index in [4.69, 9.17) is 0 Å². The van der Waals surface area contributed by atoms with Crippen LogP contribution in [0.15, 0.2) is 30.3 Å². The summed E-state index contributed by atoms with van der Waals surface area (Å²) in [6.07, 6.45) is 2.64. The maximum atomic E-state index is 3.64. The summed E-state index contributed by atoms with van der Waals surface area (Å²) >= 11 is 2.10. The molecule has 1 aromatic carbocycles. The Morgan fingerprint density at radius 3 is 2.95 bits per heavy atom.